The van der Waals surface area contributed by atoms with Gasteiger partial charge in [-0.1, -0.05) is 0 Å². The topological polar surface area (TPSA) is 96.5 Å². The molecule has 3 heterocycles. The van der Waals surface area contributed by atoms with Crippen LogP contribution in [0.25, 0.3) is 22.6 Å². The van der Waals surface area contributed by atoms with E-state index in [4.69, 9.17) is 9.52 Å². The van der Waals surface area contributed by atoms with Crippen molar-refractivity contribution >= 4 is 44.6 Å². The molecule has 25 heavy (non-hydrogen) atoms. The van der Waals surface area contributed by atoms with E-state index in [-0.39, 0.29) is 18.9 Å². The van der Waals surface area contributed by atoms with Crippen LogP contribution in [0, 0.1) is 5.92 Å². The van der Waals surface area contributed by atoms with Crippen molar-refractivity contribution in [3.05, 3.63) is 41.1 Å². The van der Waals surface area contributed by atoms with Gasteiger partial charge in [-0.05, 0) is 34.1 Å². The molecule has 1 amide bonds. The summed E-state index contributed by atoms with van der Waals surface area (Å²) in [4.78, 5) is 33.2. The third-order valence-corrected chi connectivity index (χ3v) is 4.54. The fourth-order valence-corrected chi connectivity index (χ4v) is 3.22. The van der Waals surface area contributed by atoms with Gasteiger partial charge >= 0.3 is 5.97 Å². The number of pyridine rings is 1. The van der Waals surface area contributed by atoms with Crippen LogP contribution in [0.15, 0.2) is 45.5 Å². The number of halogens is 1. The zero-order valence-corrected chi connectivity index (χ0v) is 14.4. The minimum Gasteiger partial charge on any atom is -0.481 e. The van der Waals surface area contributed by atoms with E-state index in [2.05, 4.69) is 25.9 Å². The molecule has 126 valence electrons. The van der Waals surface area contributed by atoms with Crippen LogP contribution in [0.4, 0.5) is 5.69 Å². The largest absolute Gasteiger partial charge is 0.481 e. The zero-order valence-electron chi connectivity index (χ0n) is 12.8. The number of amides is 1. The highest BCUT2D eigenvalue weighted by Gasteiger charge is 2.35. The Bertz CT molecular complexity index is 1000. The number of hydrogen-bond donors (Lipinski definition) is 1. The van der Waals surface area contributed by atoms with Gasteiger partial charge in [0.1, 0.15) is 5.52 Å². The van der Waals surface area contributed by atoms with Gasteiger partial charge in [-0.3, -0.25) is 14.6 Å². The van der Waals surface area contributed by atoms with Gasteiger partial charge in [0.2, 0.25) is 11.8 Å². The van der Waals surface area contributed by atoms with Crippen LogP contribution in [-0.4, -0.2) is 33.5 Å². The van der Waals surface area contributed by atoms with Crippen LogP contribution >= 0.6 is 15.9 Å². The maximum Gasteiger partial charge on any atom is 0.308 e. The monoisotopic (exact) mass is 401 g/mol. The number of hydrogen-bond acceptors (Lipinski definition) is 5. The van der Waals surface area contributed by atoms with E-state index in [9.17, 15) is 9.59 Å². The Balaban J connectivity index is 1.69. The molecular weight excluding hydrogens is 390 g/mol. The first-order chi connectivity index (χ1) is 12.0. The summed E-state index contributed by atoms with van der Waals surface area (Å²) >= 11 is 3.36. The van der Waals surface area contributed by atoms with Gasteiger partial charge in [0.05, 0.1) is 11.5 Å². The van der Waals surface area contributed by atoms with Crippen LogP contribution < -0.4 is 4.90 Å². The second-order valence-corrected chi connectivity index (χ2v) is 6.72. The number of aliphatic carboxylic acids is 1. The average molecular weight is 402 g/mol. The van der Waals surface area contributed by atoms with Crippen molar-refractivity contribution in [1.82, 2.24) is 9.97 Å². The highest BCUT2D eigenvalue weighted by atomic mass is 79.9. The van der Waals surface area contributed by atoms with Crippen LogP contribution in [-0.2, 0) is 9.59 Å². The quantitative estimate of drug-likeness (QED) is 0.723. The van der Waals surface area contributed by atoms with E-state index in [1.807, 2.05) is 6.07 Å². The van der Waals surface area contributed by atoms with Crippen molar-refractivity contribution in [3.63, 3.8) is 0 Å². The molecule has 1 atom stereocenters. The number of carboxylic acid groups (broad SMARTS) is 1. The van der Waals surface area contributed by atoms with Gasteiger partial charge in [-0.25, -0.2) is 4.98 Å². The molecule has 0 bridgehead atoms. The summed E-state index contributed by atoms with van der Waals surface area (Å²) in [7, 11) is 0. The van der Waals surface area contributed by atoms with E-state index in [0.29, 0.717) is 22.7 Å². The Hall–Kier alpha value is -2.74. The summed E-state index contributed by atoms with van der Waals surface area (Å²) < 4.78 is 6.61. The third kappa shape index (κ3) is 2.89. The molecule has 1 aliphatic rings. The van der Waals surface area contributed by atoms with Gasteiger partial charge in [0.25, 0.3) is 0 Å². The molecule has 0 saturated carbocycles. The highest BCUT2D eigenvalue weighted by Crippen LogP contribution is 2.31. The van der Waals surface area contributed by atoms with Gasteiger partial charge in [-0.15, -0.1) is 0 Å². The van der Waals surface area contributed by atoms with Gasteiger partial charge in [0.15, 0.2) is 5.58 Å². The Kier molecular flexibility index (Phi) is 3.76. The molecule has 8 heteroatoms. The number of oxazole rings is 1. The molecular formula is C17H12BrN3O4. The van der Waals surface area contributed by atoms with Crippen molar-refractivity contribution in [2.24, 2.45) is 5.92 Å². The third-order valence-electron chi connectivity index (χ3n) is 4.11. The number of carbonyl (C=O) groups excluding carboxylic acids is 1. The Labute approximate surface area is 150 Å². The summed E-state index contributed by atoms with van der Waals surface area (Å²) in [6.07, 6.45) is 3.33. The van der Waals surface area contributed by atoms with Crippen molar-refractivity contribution in [2.75, 3.05) is 11.4 Å². The van der Waals surface area contributed by atoms with Crippen molar-refractivity contribution in [3.8, 4) is 11.5 Å². The molecule has 1 N–H and O–H groups in total. The summed E-state index contributed by atoms with van der Waals surface area (Å²) in [5.74, 6) is -1.41. The number of carbonyl (C=O) groups is 2. The lowest BCUT2D eigenvalue weighted by Crippen LogP contribution is -2.25. The Morgan fingerprint density at radius 2 is 2.16 bits per heavy atom. The maximum atomic E-state index is 12.1. The van der Waals surface area contributed by atoms with Crippen molar-refractivity contribution in [2.45, 2.75) is 6.42 Å². The van der Waals surface area contributed by atoms with E-state index in [1.165, 1.54) is 4.90 Å². The van der Waals surface area contributed by atoms with Gasteiger partial charge in [0, 0.05) is 41.6 Å². The molecule has 1 fully saturated rings. The van der Waals surface area contributed by atoms with Crippen LogP contribution in [0.5, 0.6) is 0 Å². The average Bonchev–Trinajstić information content (AvgIpc) is 3.17. The Morgan fingerprint density at radius 1 is 1.32 bits per heavy atom. The number of anilines is 1. The first-order valence-corrected chi connectivity index (χ1v) is 8.35. The summed E-state index contributed by atoms with van der Waals surface area (Å²) in [5.41, 5.74) is 2.52. The normalized spacial score (nSPS) is 17.4. The number of benzene rings is 1. The van der Waals surface area contributed by atoms with E-state index >= 15 is 0 Å². The SMILES string of the molecule is O=C(O)C1CC(=O)N(c2ccc3nc(-c4cncc(Br)c4)oc3c2)C1. The molecule has 1 aliphatic heterocycles. The number of aromatic nitrogens is 2. The maximum absolute atomic E-state index is 12.1. The van der Waals surface area contributed by atoms with Crippen molar-refractivity contribution < 1.29 is 19.1 Å². The lowest BCUT2D eigenvalue weighted by Gasteiger charge is -2.15. The summed E-state index contributed by atoms with van der Waals surface area (Å²) in [6, 6.07) is 7.06. The second kappa shape index (κ2) is 5.96. The van der Waals surface area contributed by atoms with E-state index in [0.717, 1.165) is 10.0 Å². The fourth-order valence-electron chi connectivity index (χ4n) is 2.86. The van der Waals surface area contributed by atoms with Gasteiger partial charge < -0.3 is 14.4 Å². The highest BCUT2D eigenvalue weighted by molar-refractivity contribution is 9.10. The first kappa shape index (κ1) is 15.8. The zero-order chi connectivity index (χ0) is 17.6. The second-order valence-electron chi connectivity index (χ2n) is 5.81. The van der Waals surface area contributed by atoms with Crippen LogP contribution in [0.3, 0.4) is 0 Å². The first-order valence-electron chi connectivity index (χ1n) is 7.56. The van der Waals surface area contributed by atoms with Crippen LogP contribution in [0.2, 0.25) is 0 Å². The van der Waals surface area contributed by atoms with Crippen LogP contribution in [0.1, 0.15) is 6.42 Å². The molecule has 0 radical (unpaired) electrons. The lowest BCUT2D eigenvalue weighted by molar-refractivity contribution is -0.141. The van der Waals surface area contributed by atoms with Crippen molar-refractivity contribution in [1.29, 1.82) is 0 Å². The molecule has 1 aromatic carbocycles. The Morgan fingerprint density at radius 3 is 2.88 bits per heavy atom. The van der Waals surface area contributed by atoms with E-state index in [1.54, 1.807) is 30.6 Å². The minimum absolute atomic E-state index is 0.0126. The summed E-state index contributed by atoms with van der Waals surface area (Å²) in [6.45, 7) is 0.163. The summed E-state index contributed by atoms with van der Waals surface area (Å²) in [5, 5.41) is 9.10. The molecule has 3 aromatic rings. The smallest absolute Gasteiger partial charge is 0.308 e. The lowest BCUT2D eigenvalue weighted by atomic mass is 10.1. The predicted molar refractivity (Wildman–Crippen MR) is 93.0 cm³/mol. The number of rotatable bonds is 3. The fraction of sp³-hybridized carbons (Fsp3) is 0.176. The van der Waals surface area contributed by atoms with Gasteiger partial charge in [-0.2, -0.15) is 0 Å². The minimum atomic E-state index is -0.957. The predicted octanol–water partition coefficient (Wildman–Crippen LogP) is 3.09. The number of fused-ring (bicyclic) bond motifs is 1. The van der Waals surface area contributed by atoms with E-state index < -0.39 is 11.9 Å². The molecule has 0 aliphatic carbocycles. The molecule has 4 rings (SSSR count). The molecule has 0 spiro atoms. The number of carboxylic acids is 1. The molecule has 1 saturated heterocycles. The molecule has 7 nitrogen and oxygen atoms in total. The standard InChI is InChI=1S/C17H12BrN3O4/c18-11-3-9(6-19-7-11)16-20-13-2-1-12(5-14(13)25-16)21-8-10(17(23)24)4-15(21)22/h1-3,5-7,10H,4,8H2,(H,23,24). The molecule has 1 unspecified atom stereocenters. The number of nitrogens with zero attached hydrogens (tertiary/aromatic N) is 3. The molecule has 2 aromatic heterocycles.